The van der Waals surface area contributed by atoms with E-state index in [4.69, 9.17) is 4.74 Å². The van der Waals surface area contributed by atoms with Gasteiger partial charge < -0.3 is 25.0 Å². The van der Waals surface area contributed by atoms with Gasteiger partial charge in [-0.2, -0.15) is 0 Å². The molecular formula is C22H30IN5O2. The molecule has 0 spiro atoms. The molecule has 0 radical (unpaired) electrons. The third-order valence-electron chi connectivity index (χ3n) is 5.43. The van der Waals surface area contributed by atoms with Crippen molar-refractivity contribution in [3.63, 3.8) is 0 Å². The van der Waals surface area contributed by atoms with Gasteiger partial charge in [-0.3, -0.25) is 4.99 Å². The van der Waals surface area contributed by atoms with Gasteiger partial charge in [-0.05, 0) is 42.5 Å². The topological polar surface area (TPSA) is 73.2 Å². The first-order valence-electron chi connectivity index (χ1n) is 10.3. The highest BCUT2D eigenvalue weighted by molar-refractivity contribution is 14.0. The number of nitrogens with zero attached hydrogens (tertiary/aromatic N) is 4. The van der Waals surface area contributed by atoms with E-state index in [0.717, 1.165) is 50.0 Å². The summed E-state index contributed by atoms with van der Waals surface area (Å²) in [5.74, 6) is 2.64. The van der Waals surface area contributed by atoms with E-state index in [-0.39, 0.29) is 24.0 Å². The average molecular weight is 523 g/mol. The van der Waals surface area contributed by atoms with Gasteiger partial charge >= 0.3 is 0 Å². The minimum atomic E-state index is 0. The summed E-state index contributed by atoms with van der Waals surface area (Å²) in [5.41, 5.74) is 2.02. The third kappa shape index (κ3) is 5.90. The zero-order valence-electron chi connectivity index (χ0n) is 17.3. The van der Waals surface area contributed by atoms with Crippen molar-refractivity contribution in [2.24, 2.45) is 10.9 Å². The van der Waals surface area contributed by atoms with Crippen molar-refractivity contribution in [1.29, 1.82) is 0 Å². The fourth-order valence-electron chi connectivity index (χ4n) is 3.53. The molecule has 7 nitrogen and oxygen atoms in total. The minimum Gasteiger partial charge on any atom is -0.506 e. The summed E-state index contributed by atoms with van der Waals surface area (Å²) in [4.78, 5) is 13.2. The number of aromatic nitrogens is 1. The van der Waals surface area contributed by atoms with Crippen LogP contribution in [-0.2, 0) is 6.54 Å². The molecule has 2 fully saturated rings. The Morgan fingerprint density at radius 1 is 1.20 bits per heavy atom. The van der Waals surface area contributed by atoms with Gasteiger partial charge in [0, 0.05) is 52.0 Å². The number of aliphatic imine (C=N–C) groups is 1. The van der Waals surface area contributed by atoms with Crippen molar-refractivity contribution >= 4 is 35.6 Å². The molecule has 2 aliphatic rings. The van der Waals surface area contributed by atoms with Gasteiger partial charge in [0.2, 0.25) is 5.88 Å². The maximum Gasteiger partial charge on any atom is 0.213 e. The Hall–Kier alpha value is -2.23. The van der Waals surface area contributed by atoms with Gasteiger partial charge in [-0.25, -0.2) is 4.98 Å². The van der Waals surface area contributed by atoms with Gasteiger partial charge in [-0.1, -0.05) is 12.1 Å². The normalized spacial score (nSPS) is 16.8. The smallest absolute Gasteiger partial charge is 0.213 e. The lowest BCUT2D eigenvalue weighted by Crippen LogP contribution is -2.52. The summed E-state index contributed by atoms with van der Waals surface area (Å²) in [6.07, 6.45) is 4.34. The molecule has 162 valence electrons. The molecule has 2 N–H and O–H groups in total. The van der Waals surface area contributed by atoms with Gasteiger partial charge in [-0.15, -0.1) is 24.0 Å². The molecule has 1 saturated heterocycles. The predicted molar refractivity (Wildman–Crippen MR) is 130 cm³/mol. The van der Waals surface area contributed by atoms with E-state index in [0.29, 0.717) is 24.1 Å². The van der Waals surface area contributed by atoms with Gasteiger partial charge in [0.05, 0.1) is 12.3 Å². The Balaban J connectivity index is 0.00000256. The fourth-order valence-corrected chi connectivity index (χ4v) is 3.53. The van der Waals surface area contributed by atoms with Crippen LogP contribution in [0.15, 0.2) is 47.6 Å². The number of guanidine groups is 1. The van der Waals surface area contributed by atoms with Gasteiger partial charge in [0.25, 0.3) is 0 Å². The molecule has 1 aliphatic carbocycles. The van der Waals surface area contributed by atoms with Crippen LogP contribution >= 0.6 is 24.0 Å². The summed E-state index contributed by atoms with van der Waals surface area (Å²) in [7, 11) is 1.81. The number of hydrogen-bond acceptors (Lipinski definition) is 5. The number of ether oxygens (including phenoxy) is 1. The molecule has 0 unspecified atom stereocenters. The van der Waals surface area contributed by atoms with E-state index in [9.17, 15) is 5.11 Å². The number of benzene rings is 1. The van der Waals surface area contributed by atoms with Crippen molar-refractivity contribution < 1.29 is 9.84 Å². The monoisotopic (exact) mass is 523 g/mol. The van der Waals surface area contributed by atoms with Crippen molar-refractivity contribution in [3.8, 4) is 11.6 Å². The number of phenols is 1. The first-order chi connectivity index (χ1) is 14.2. The number of aromatic hydroxyl groups is 1. The van der Waals surface area contributed by atoms with Crippen LogP contribution in [0.5, 0.6) is 11.6 Å². The van der Waals surface area contributed by atoms with Crippen molar-refractivity contribution in [1.82, 2.24) is 15.2 Å². The van der Waals surface area contributed by atoms with E-state index in [1.54, 1.807) is 12.3 Å². The van der Waals surface area contributed by atoms with Crippen molar-refractivity contribution in [2.75, 3.05) is 44.7 Å². The molecule has 0 amide bonds. The van der Waals surface area contributed by atoms with Crippen LogP contribution in [0, 0.1) is 5.92 Å². The average Bonchev–Trinajstić information content (AvgIpc) is 3.59. The van der Waals surface area contributed by atoms with Crippen molar-refractivity contribution in [3.05, 3.63) is 48.2 Å². The Morgan fingerprint density at radius 2 is 1.97 bits per heavy atom. The lowest BCUT2D eigenvalue weighted by atomic mass is 10.2. The van der Waals surface area contributed by atoms with Gasteiger partial charge in [0.1, 0.15) is 5.75 Å². The number of para-hydroxylation sites is 2. The molecule has 4 rings (SSSR count). The SMILES string of the molecule is CN=C(NCc1ccnc(OCC2CC2)c1)N1CCN(c2ccccc2O)CC1.I. The Morgan fingerprint density at radius 3 is 2.67 bits per heavy atom. The minimum absolute atomic E-state index is 0. The number of rotatable bonds is 6. The molecule has 0 atom stereocenters. The van der Waals surface area contributed by atoms with Crippen LogP contribution in [0.4, 0.5) is 5.69 Å². The van der Waals surface area contributed by atoms with Crippen LogP contribution in [-0.4, -0.2) is 60.8 Å². The van der Waals surface area contributed by atoms with E-state index < -0.39 is 0 Å². The molecule has 1 saturated carbocycles. The molecule has 1 aliphatic heterocycles. The number of piperazine rings is 1. The Bertz CT molecular complexity index is 851. The lowest BCUT2D eigenvalue weighted by Gasteiger charge is -2.37. The standard InChI is InChI=1S/C22H29N5O2.HI/c1-23-22(25-15-18-8-9-24-21(14-18)29-16-17-6-7-17)27-12-10-26(11-13-27)19-4-2-3-5-20(19)28;/h2-5,8-9,14,17,28H,6-7,10-13,15-16H2,1H3,(H,23,25);1H. The molecule has 1 aromatic heterocycles. The molecule has 30 heavy (non-hydrogen) atoms. The lowest BCUT2D eigenvalue weighted by molar-refractivity contribution is 0.288. The quantitative estimate of drug-likeness (QED) is 0.345. The molecular weight excluding hydrogens is 493 g/mol. The highest BCUT2D eigenvalue weighted by Gasteiger charge is 2.22. The van der Waals surface area contributed by atoms with Gasteiger partial charge in [0.15, 0.2) is 5.96 Å². The summed E-state index contributed by atoms with van der Waals surface area (Å²) in [6.45, 7) is 4.82. The number of hydrogen-bond donors (Lipinski definition) is 2. The number of pyridine rings is 1. The largest absolute Gasteiger partial charge is 0.506 e. The molecule has 8 heteroatoms. The molecule has 2 aromatic rings. The Kier molecular flexibility index (Phi) is 8.01. The third-order valence-corrected chi connectivity index (χ3v) is 5.43. The van der Waals surface area contributed by atoms with E-state index in [1.807, 2.05) is 37.4 Å². The summed E-state index contributed by atoms with van der Waals surface area (Å²) < 4.78 is 5.78. The highest BCUT2D eigenvalue weighted by atomic mass is 127. The van der Waals surface area contributed by atoms with Crippen LogP contribution in [0.2, 0.25) is 0 Å². The van der Waals surface area contributed by atoms with Crippen LogP contribution in [0.25, 0.3) is 0 Å². The second-order valence-corrected chi connectivity index (χ2v) is 7.62. The second kappa shape index (κ2) is 10.7. The maximum absolute atomic E-state index is 10.1. The first-order valence-corrected chi connectivity index (χ1v) is 10.3. The maximum atomic E-state index is 10.1. The first kappa shape index (κ1) is 22.5. The summed E-state index contributed by atoms with van der Waals surface area (Å²) in [5, 5.41) is 13.5. The molecule has 0 bridgehead atoms. The second-order valence-electron chi connectivity index (χ2n) is 7.62. The Labute approximate surface area is 195 Å². The number of phenolic OH excluding ortho intramolecular Hbond substituents is 1. The van der Waals surface area contributed by atoms with Crippen LogP contribution < -0.4 is 15.0 Å². The van der Waals surface area contributed by atoms with E-state index >= 15 is 0 Å². The number of halogens is 1. The van der Waals surface area contributed by atoms with Crippen LogP contribution in [0.3, 0.4) is 0 Å². The fraction of sp³-hybridized carbons (Fsp3) is 0.455. The number of anilines is 1. The zero-order valence-corrected chi connectivity index (χ0v) is 19.7. The molecule has 1 aromatic carbocycles. The summed E-state index contributed by atoms with van der Waals surface area (Å²) in [6, 6.07) is 11.5. The zero-order chi connectivity index (χ0) is 20.1. The predicted octanol–water partition coefficient (Wildman–Crippen LogP) is 3.09. The highest BCUT2D eigenvalue weighted by Crippen LogP contribution is 2.29. The summed E-state index contributed by atoms with van der Waals surface area (Å²) >= 11 is 0. The number of nitrogens with one attached hydrogen (secondary N) is 1. The van der Waals surface area contributed by atoms with E-state index in [1.165, 1.54) is 12.8 Å². The van der Waals surface area contributed by atoms with E-state index in [2.05, 4.69) is 25.1 Å². The molecule has 2 heterocycles. The van der Waals surface area contributed by atoms with Crippen LogP contribution in [0.1, 0.15) is 18.4 Å². The van der Waals surface area contributed by atoms with Crippen molar-refractivity contribution in [2.45, 2.75) is 19.4 Å².